The first kappa shape index (κ1) is 15.5. The molecule has 0 unspecified atom stereocenters. The molecule has 0 aliphatic heterocycles. The molecule has 1 amide bonds. The van der Waals surface area contributed by atoms with E-state index in [0.717, 1.165) is 24.9 Å². The number of carbonyl (C=O) groups excluding carboxylic acids is 1. The van der Waals surface area contributed by atoms with Gasteiger partial charge in [-0.2, -0.15) is 0 Å². The molecular weight excluding hydrogens is 240 g/mol. The Morgan fingerprint density at radius 3 is 2.63 bits per heavy atom. The summed E-state index contributed by atoms with van der Waals surface area (Å²) in [5.41, 5.74) is 2.31. The second-order valence-corrected chi connectivity index (χ2v) is 4.50. The van der Waals surface area contributed by atoms with Crippen LogP contribution in [0.3, 0.4) is 0 Å². The highest BCUT2D eigenvalue weighted by Crippen LogP contribution is 2.10. The number of ether oxygens (including phenoxy) is 1. The van der Waals surface area contributed by atoms with Crippen LogP contribution in [0, 0.1) is 0 Å². The van der Waals surface area contributed by atoms with Crippen molar-refractivity contribution in [1.82, 2.24) is 5.32 Å². The standard InChI is InChI=1S/C15H24N2O2/c1-3-5-13-6-8-14(9-7-13)17-12-15(18)16-10-4-11-19-2/h6-9,17H,3-5,10-12H2,1-2H3,(H,16,18). The van der Waals surface area contributed by atoms with Crippen LogP contribution in [-0.2, 0) is 16.0 Å². The van der Waals surface area contributed by atoms with E-state index in [1.165, 1.54) is 5.56 Å². The molecule has 1 rings (SSSR count). The van der Waals surface area contributed by atoms with Crippen LogP contribution in [0.4, 0.5) is 5.69 Å². The average molecular weight is 264 g/mol. The molecule has 0 aliphatic rings. The number of hydrogen-bond donors (Lipinski definition) is 2. The highest BCUT2D eigenvalue weighted by molar-refractivity contribution is 5.80. The maximum absolute atomic E-state index is 11.5. The molecule has 2 N–H and O–H groups in total. The van der Waals surface area contributed by atoms with E-state index in [0.29, 0.717) is 19.7 Å². The molecule has 0 fully saturated rings. The largest absolute Gasteiger partial charge is 0.385 e. The van der Waals surface area contributed by atoms with Crippen LogP contribution in [0.5, 0.6) is 0 Å². The fraction of sp³-hybridized carbons (Fsp3) is 0.533. The lowest BCUT2D eigenvalue weighted by molar-refractivity contribution is -0.119. The van der Waals surface area contributed by atoms with Gasteiger partial charge in [-0.25, -0.2) is 0 Å². The van der Waals surface area contributed by atoms with Crippen molar-refractivity contribution < 1.29 is 9.53 Å². The summed E-state index contributed by atoms with van der Waals surface area (Å²) in [7, 11) is 1.66. The van der Waals surface area contributed by atoms with Gasteiger partial charge in [-0.3, -0.25) is 4.79 Å². The lowest BCUT2D eigenvalue weighted by Gasteiger charge is -2.08. The molecule has 4 heteroatoms. The lowest BCUT2D eigenvalue weighted by Crippen LogP contribution is -2.31. The average Bonchev–Trinajstić information content (AvgIpc) is 2.43. The number of hydrogen-bond acceptors (Lipinski definition) is 3. The van der Waals surface area contributed by atoms with Crippen LogP contribution in [0.15, 0.2) is 24.3 Å². The summed E-state index contributed by atoms with van der Waals surface area (Å²) >= 11 is 0. The van der Waals surface area contributed by atoms with E-state index in [1.54, 1.807) is 7.11 Å². The Kier molecular flexibility index (Phi) is 7.66. The summed E-state index contributed by atoms with van der Waals surface area (Å²) in [6.45, 7) is 3.80. The van der Waals surface area contributed by atoms with E-state index in [-0.39, 0.29) is 5.91 Å². The third kappa shape index (κ3) is 6.82. The summed E-state index contributed by atoms with van der Waals surface area (Å²) in [5, 5.41) is 5.95. The second kappa shape index (κ2) is 9.39. The van der Waals surface area contributed by atoms with Crippen LogP contribution in [0.25, 0.3) is 0 Å². The molecule has 1 aromatic rings. The van der Waals surface area contributed by atoms with Gasteiger partial charge in [0.15, 0.2) is 0 Å². The topological polar surface area (TPSA) is 50.4 Å². The number of methoxy groups -OCH3 is 1. The van der Waals surface area contributed by atoms with E-state index in [2.05, 4.69) is 29.7 Å². The second-order valence-electron chi connectivity index (χ2n) is 4.50. The Morgan fingerprint density at radius 1 is 1.26 bits per heavy atom. The smallest absolute Gasteiger partial charge is 0.239 e. The number of amides is 1. The first-order valence-electron chi connectivity index (χ1n) is 6.84. The third-order valence-corrected chi connectivity index (χ3v) is 2.79. The molecule has 1 aromatic carbocycles. The van der Waals surface area contributed by atoms with Gasteiger partial charge in [-0.15, -0.1) is 0 Å². The molecule has 0 atom stereocenters. The van der Waals surface area contributed by atoms with Crippen molar-refractivity contribution in [2.24, 2.45) is 0 Å². The van der Waals surface area contributed by atoms with Crippen LogP contribution in [-0.4, -0.2) is 32.7 Å². The van der Waals surface area contributed by atoms with Crippen molar-refractivity contribution in [3.05, 3.63) is 29.8 Å². The summed E-state index contributed by atoms with van der Waals surface area (Å²) in [6.07, 6.45) is 3.09. The van der Waals surface area contributed by atoms with E-state index in [9.17, 15) is 4.79 Å². The quantitative estimate of drug-likeness (QED) is 0.672. The zero-order valence-corrected chi connectivity index (χ0v) is 11.9. The van der Waals surface area contributed by atoms with E-state index >= 15 is 0 Å². The minimum absolute atomic E-state index is 0.00809. The third-order valence-electron chi connectivity index (χ3n) is 2.79. The molecule has 0 bridgehead atoms. The number of carbonyl (C=O) groups is 1. The van der Waals surface area contributed by atoms with Gasteiger partial charge in [0.1, 0.15) is 0 Å². The van der Waals surface area contributed by atoms with Gasteiger partial charge in [0.25, 0.3) is 0 Å². The Hall–Kier alpha value is -1.55. The molecule has 0 saturated heterocycles. The number of anilines is 1. The molecule has 0 aromatic heterocycles. The van der Waals surface area contributed by atoms with Crippen molar-refractivity contribution in [2.45, 2.75) is 26.2 Å². The van der Waals surface area contributed by atoms with Crippen molar-refractivity contribution in [2.75, 3.05) is 32.1 Å². The van der Waals surface area contributed by atoms with Gasteiger partial charge in [-0.1, -0.05) is 25.5 Å². The Balaban J connectivity index is 2.22. The molecular formula is C15H24N2O2. The van der Waals surface area contributed by atoms with E-state index in [4.69, 9.17) is 4.74 Å². The first-order chi connectivity index (χ1) is 9.26. The minimum atomic E-state index is 0.00809. The molecule has 4 nitrogen and oxygen atoms in total. The summed E-state index contributed by atoms with van der Waals surface area (Å²) < 4.78 is 4.92. The molecule has 106 valence electrons. The molecule has 19 heavy (non-hydrogen) atoms. The molecule has 0 heterocycles. The van der Waals surface area contributed by atoms with Gasteiger partial charge in [0.2, 0.25) is 5.91 Å². The summed E-state index contributed by atoms with van der Waals surface area (Å²) in [6, 6.07) is 8.23. The normalized spacial score (nSPS) is 10.2. The minimum Gasteiger partial charge on any atom is -0.385 e. The van der Waals surface area contributed by atoms with Gasteiger partial charge < -0.3 is 15.4 Å². The Bertz CT molecular complexity index is 363. The van der Waals surface area contributed by atoms with E-state index < -0.39 is 0 Å². The number of rotatable bonds is 9. The van der Waals surface area contributed by atoms with Gasteiger partial charge in [0, 0.05) is 25.9 Å². The predicted octanol–water partition coefficient (Wildman–Crippen LogP) is 2.20. The van der Waals surface area contributed by atoms with Crippen molar-refractivity contribution >= 4 is 11.6 Å². The van der Waals surface area contributed by atoms with Crippen LogP contribution < -0.4 is 10.6 Å². The monoisotopic (exact) mass is 264 g/mol. The summed E-state index contributed by atoms with van der Waals surface area (Å²) in [4.78, 5) is 11.5. The molecule has 0 radical (unpaired) electrons. The SMILES string of the molecule is CCCc1ccc(NCC(=O)NCCCOC)cc1. The Morgan fingerprint density at radius 2 is 2.00 bits per heavy atom. The van der Waals surface area contributed by atoms with Gasteiger partial charge in [0.05, 0.1) is 6.54 Å². The predicted molar refractivity (Wildman–Crippen MR) is 78.4 cm³/mol. The van der Waals surface area contributed by atoms with Crippen molar-refractivity contribution in [1.29, 1.82) is 0 Å². The maximum Gasteiger partial charge on any atom is 0.239 e. The van der Waals surface area contributed by atoms with Crippen molar-refractivity contribution in [3.63, 3.8) is 0 Å². The van der Waals surface area contributed by atoms with Gasteiger partial charge >= 0.3 is 0 Å². The van der Waals surface area contributed by atoms with E-state index in [1.807, 2.05) is 12.1 Å². The number of nitrogens with one attached hydrogen (secondary N) is 2. The molecule has 0 saturated carbocycles. The molecule has 0 aliphatic carbocycles. The zero-order valence-electron chi connectivity index (χ0n) is 11.9. The Labute approximate surface area is 115 Å². The first-order valence-corrected chi connectivity index (χ1v) is 6.84. The van der Waals surface area contributed by atoms with Crippen molar-refractivity contribution in [3.8, 4) is 0 Å². The zero-order chi connectivity index (χ0) is 13.9. The fourth-order valence-corrected chi connectivity index (χ4v) is 1.77. The molecule has 0 spiro atoms. The van der Waals surface area contributed by atoms with Gasteiger partial charge in [-0.05, 0) is 30.5 Å². The highest BCUT2D eigenvalue weighted by atomic mass is 16.5. The van der Waals surface area contributed by atoms with Crippen LogP contribution in [0.1, 0.15) is 25.3 Å². The maximum atomic E-state index is 11.5. The lowest BCUT2D eigenvalue weighted by atomic mass is 10.1. The number of aryl methyl sites for hydroxylation is 1. The number of benzene rings is 1. The fourth-order valence-electron chi connectivity index (χ4n) is 1.77. The van der Waals surface area contributed by atoms with Crippen LogP contribution in [0.2, 0.25) is 0 Å². The summed E-state index contributed by atoms with van der Waals surface area (Å²) in [5.74, 6) is 0.00809. The van der Waals surface area contributed by atoms with Crippen LogP contribution >= 0.6 is 0 Å². The highest BCUT2D eigenvalue weighted by Gasteiger charge is 2.00.